The van der Waals surface area contributed by atoms with Crippen molar-refractivity contribution in [1.29, 1.82) is 0 Å². The van der Waals surface area contributed by atoms with Gasteiger partial charge in [0.1, 0.15) is 0 Å². The van der Waals surface area contributed by atoms with E-state index in [9.17, 15) is 4.57 Å². The molecule has 0 rings (SSSR count). The lowest BCUT2D eigenvalue weighted by Crippen LogP contribution is -2.28. The Labute approximate surface area is 121 Å². The average molecular weight is 294 g/mol. The van der Waals surface area contributed by atoms with Gasteiger partial charge in [-0.05, 0) is 19.3 Å². The van der Waals surface area contributed by atoms with Gasteiger partial charge in [0, 0.05) is 18.5 Å². The molecule has 0 fully saturated rings. The van der Waals surface area contributed by atoms with Crippen molar-refractivity contribution in [3.05, 3.63) is 0 Å². The fraction of sp³-hybridized carbons (Fsp3) is 1.00. The van der Waals surface area contributed by atoms with E-state index in [1.165, 1.54) is 19.3 Å². The van der Waals surface area contributed by atoms with Gasteiger partial charge in [-0.3, -0.25) is 0 Å². The van der Waals surface area contributed by atoms with Crippen LogP contribution in [0.15, 0.2) is 0 Å². The van der Waals surface area contributed by atoms with E-state index in [0.29, 0.717) is 0 Å². The summed E-state index contributed by atoms with van der Waals surface area (Å²) in [5.74, 6) is 0. The molecular weight excluding hydrogens is 257 g/mol. The van der Waals surface area contributed by atoms with Crippen LogP contribution in [-0.4, -0.2) is 49.5 Å². The summed E-state index contributed by atoms with van der Waals surface area (Å²) < 4.78 is 12.5. The molecule has 0 radical (unpaired) electrons. The number of unbranched alkanes of at least 4 members (excludes halogenated alkanes) is 3. The topological polar surface area (TPSA) is 37.3 Å². The minimum atomic E-state index is -1.77. The molecule has 0 aromatic carbocycles. The van der Waals surface area contributed by atoms with Gasteiger partial charge in [-0.15, -0.1) is 0 Å². The minimum absolute atomic E-state index is 0. The first kappa shape index (κ1) is 21.4. The maximum absolute atomic E-state index is 12.5. The zero-order valence-corrected chi connectivity index (χ0v) is 15.0. The summed E-state index contributed by atoms with van der Waals surface area (Å²) in [7, 11) is 3.27. The Morgan fingerprint density at radius 2 is 1.00 bits per heavy atom. The van der Waals surface area contributed by atoms with E-state index in [2.05, 4.69) is 20.8 Å². The molecule has 0 amide bonds. The fourth-order valence-corrected chi connectivity index (χ4v) is 5.02. The van der Waals surface area contributed by atoms with Gasteiger partial charge in [0.05, 0.1) is 28.3 Å². The average Bonchev–Trinajstić information content (AvgIpc) is 2.30. The normalized spacial score (nSPS) is 11.9. The second-order valence-corrected chi connectivity index (χ2v) is 9.69. The van der Waals surface area contributed by atoms with Crippen LogP contribution in [0.2, 0.25) is 0 Å². The standard InChI is InChI=1S/C12H27OP.C3H10NO/c1-4-7-10-14(13,11-8-5-2)12-9-6-3;1-4(2,3)5/h4-12H2,1-3H3;5H,1-3H3/q;+1. The molecule has 3 nitrogen and oxygen atoms in total. The van der Waals surface area contributed by atoms with Crippen LogP contribution in [0.1, 0.15) is 59.3 Å². The second kappa shape index (κ2) is 11.9. The molecule has 0 heterocycles. The third-order valence-electron chi connectivity index (χ3n) is 2.76. The molecule has 0 bridgehead atoms. The highest BCUT2D eigenvalue weighted by Crippen LogP contribution is 2.48. The smallest absolute Gasteiger partial charge is 0.0979 e. The van der Waals surface area contributed by atoms with Gasteiger partial charge >= 0.3 is 0 Å². The van der Waals surface area contributed by atoms with Gasteiger partial charge in [-0.1, -0.05) is 40.0 Å². The van der Waals surface area contributed by atoms with Crippen molar-refractivity contribution in [2.24, 2.45) is 0 Å². The molecule has 1 N–H and O–H groups in total. The molecule has 0 aromatic rings. The Bertz CT molecular complexity index is 202. The van der Waals surface area contributed by atoms with Crippen molar-refractivity contribution >= 4 is 7.14 Å². The molecule has 0 aliphatic carbocycles. The molecule has 19 heavy (non-hydrogen) atoms. The number of hydroxylamine groups is 3. The Balaban J connectivity index is 0. The van der Waals surface area contributed by atoms with Crippen molar-refractivity contribution in [2.45, 2.75) is 59.3 Å². The highest BCUT2D eigenvalue weighted by atomic mass is 31.2. The summed E-state index contributed by atoms with van der Waals surface area (Å²) in [6.07, 6.45) is 10.0. The summed E-state index contributed by atoms with van der Waals surface area (Å²) in [4.78, 5) is 0. The highest BCUT2D eigenvalue weighted by Gasteiger charge is 2.19. The van der Waals surface area contributed by atoms with Crippen LogP contribution in [0.3, 0.4) is 0 Å². The quantitative estimate of drug-likeness (QED) is 0.375. The van der Waals surface area contributed by atoms with Gasteiger partial charge in [0.15, 0.2) is 0 Å². The largest absolute Gasteiger partial charge is 0.324 e. The Kier molecular flexibility index (Phi) is 13.5. The monoisotopic (exact) mass is 294 g/mol. The molecule has 0 aromatic heterocycles. The van der Waals surface area contributed by atoms with Crippen molar-refractivity contribution in [2.75, 3.05) is 39.6 Å². The van der Waals surface area contributed by atoms with E-state index in [-0.39, 0.29) is 4.65 Å². The molecular formula is C15H37NO2P+. The van der Waals surface area contributed by atoms with Crippen molar-refractivity contribution in [1.82, 2.24) is 0 Å². The molecule has 0 aliphatic rings. The predicted molar refractivity (Wildman–Crippen MR) is 86.8 cm³/mol. The third kappa shape index (κ3) is 20.6. The fourth-order valence-electron chi connectivity index (χ4n) is 1.67. The van der Waals surface area contributed by atoms with E-state index in [1.807, 2.05) is 0 Å². The molecule has 0 unspecified atom stereocenters. The maximum Gasteiger partial charge on any atom is 0.0979 e. The van der Waals surface area contributed by atoms with Crippen molar-refractivity contribution < 1.29 is 14.4 Å². The first-order chi connectivity index (χ1) is 8.68. The van der Waals surface area contributed by atoms with Crippen LogP contribution >= 0.6 is 7.14 Å². The molecule has 4 heteroatoms. The van der Waals surface area contributed by atoms with Crippen LogP contribution in [0, 0.1) is 0 Å². The molecule has 0 atom stereocenters. The summed E-state index contributed by atoms with van der Waals surface area (Å²) in [5, 5.41) is 8.46. The molecule has 0 saturated heterocycles. The van der Waals surface area contributed by atoms with Gasteiger partial charge in [-0.2, -0.15) is 4.65 Å². The van der Waals surface area contributed by atoms with Gasteiger partial charge in [0.25, 0.3) is 0 Å². The van der Waals surface area contributed by atoms with Crippen LogP contribution in [0.25, 0.3) is 0 Å². The van der Waals surface area contributed by atoms with E-state index in [4.69, 9.17) is 5.21 Å². The highest BCUT2D eigenvalue weighted by molar-refractivity contribution is 7.63. The summed E-state index contributed by atoms with van der Waals surface area (Å²) >= 11 is 0. The summed E-state index contributed by atoms with van der Waals surface area (Å²) in [6, 6.07) is 0. The maximum atomic E-state index is 12.5. The molecule has 0 aliphatic heterocycles. The molecule has 0 saturated carbocycles. The zero-order valence-electron chi connectivity index (χ0n) is 14.1. The Hall–Kier alpha value is 0.150. The molecule has 0 spiro atoms. The lowest BCUT2D eigenvalue weighted by molar-refractivity contribution is -1.06. The Morgan fingerprint density at radius 1 is 0.789 bits per heavy atom. The summed E-state index contributed by atoms with van der Waals surface area (Å²) in [6.45, 7) is 6.55. The van der Waals surface area contributed by atoms with E-state index < -0.39 is 7.14 Å². The minimum Gasteiger partial charge on any atom is -0.324 e. The van der Waals surface area contributed by atoms with Gasteiger partial charge < -0.3 is 4.57 Å². The lowest BCUT2D eigenvalue weighted by atomic mass is 10.4. The first-order valence-electron chi connectivity index (χ1n) is 7.79. The van der Waals surface area contributed by atoms with Crippen LogP contribution < -0.4 is 0 Å². The number of rotatable bonds is 9. The van der Waals surface area contributed by atoms with Crippen molar-refractivity contribution in [3.63, 3.8) is 0 Å². The lowest BCUT2D eigenvalue weighted by Gasteiger charge is -2.17. The number of hydrogen-bond donors (Lipinski definition) is 1. The van der Waals surface area contributed by atoms with Crippen LogP contribution in [0.4, 0.5) is 0 Å². The van der Waals surface area contributed by atoms with Crippen molar-refractivity contribution in [3.8, 4) is 0 Å². The first-order valence-corrected chi connectivity index (χ1v) is 10.1. The number of hydrogen-bond acceptors (Lipinski definition) is 2. The second-order valence-electron chi connectivity index (χ2n) is 6.23. The van der Waals surface area contributed by atoms with Crippen LogP contribution in [-0.2, 0) is 4.57 Å². The van der Waals surface area contributed by atoms with E-state index in [0.717, 1.165) is 37.7 Å². The van der Waals surface area contributed by atoms with Gasteiger partial charge in [-0.25, -0.2) is 5.21 Å². The van der Waals surface area contributed by atoms with E-state index in [1.54, 1.807) is 21.1 Å². The SMILES string of the molecule is CCCCP(=O)(CCCC)CCCC.C[N+](C)(C)O. The van der Waals surface area contributed by atoms with Gasteiger partial charge in [0.2, 0.25) is 0 Å². The summed E-state index contributed by atoms with van der Waals surface area (Å²) in [5.41, 5.74) is 0. The molecule has 118 valence electrons. The van der Waals surface area contributed by atoms with Crippen LogP contribution in [0.5, 0.6) is 0 Å². The third-order valence-corrected chi connectivity index (χ3v) is 6.15. The predicted octanol–water partition coefficient (Wildman–Crippen LogP) is 4.83. The van der Waals surface area contributed by atoms with E-state index >= 15 is 0 Å². The Morgan fingerprint density at radius 3 is 1.16 bits per heavy atom. The number of quaternary nitrogens is 1. The number of nitrogens with zero attached hydrogens (tertiary/aromatic N) is 1. The zero-order chi connectivity index (χ0) is 15.4.